The zero-order valence-corrected chi connectivity index (χ0v) is 9.99. The first-order valence-corrected chi connectivity index (χ1v) is 6.40. The van der Waals surface area contributed by atoms with Gasteiger partial charge in [-0.2, -0.15) is 0 Å². The molecule has 0 saturated carbocycles. The predicted octanol–water partition coefficient (Wildman–Crippen LogP) is 4.41. The van der Waals surface area contributed by atoms with Crippen LogP contribution in [0.25, 0.3) is 0 Å². The minimum Gasteiger partial charge on any atom is -0.126 e. The van der Waals surface area contributed by atoms with Crippen molar-refractivity contribution in [2.45, 2.75) is 17.7 Å². The Morgan fingerprint density at radius 3 is 2.19 bits per heavy atom. The number of benzene rings is 2. The van der Waals surface area contributed by atoms with Gasteiger partial charge in [0.25, 0.3) is 0 Å². The summed E-state index contributed by atoms with van der Waals surface area (Å²) < 4.78 is 8.02. The highest BCUT2D eigenvalue weighted by atomic mass is 32.2. The topological polar surface area (TPSA) is 0 Å². The number of hydrogen-bond acceptors (Lipinski definition) is 1. The molecule has 0 bridgehead atoms. The summed E-state index contributed by atoms with van der Waals surface area (Å²) in [6.45, 7) is 0. The predicted molar refractivity (Wildman–Crippen MR) is 71.9 cm³/mol. The maximum atomic E-state index is 8.02. The molecular weight excluding hydrogens is 212 g/mol. The van der Waals surface area contributed by atoms with Crippen molar-refractivity contribution in [2.24, 2.45) is 0 Å². The van der Waals surface area contributed by atoms with Gasteiger partial charge in [0.2, 0.25) is 0 Å². The molecular formula is C15H16S. The molecule has 16 heavy (non-hydrogen) atoms. The molecule has 0 spiro atoms. The first-order valence-electron chi connectivity index (χ1n) is 6.10. The van der Waals surface area contributed by atoms with Crippen LogP contribution in [0.3, 0.4) is 0 Å². The third kappa shape index (κ3) is 3.74. The second-order valence-corrected chi connectivity index (χ2v) is 4.66. The molecule has 0 nitrogen and oxygen atoms in total. The molecule has 0 N–H and O–H groups in total. The van der Waals surface area contributed by atoms with Crippen molar-refractivity contribution in [3.63, 3.8) is 0 Å². The Morgan fingerprint density at radius 2 is 1.50 bits per heavy atom. The highest BCUT2D eigenvalue weighted by Crippen LogP contribution is 2.18. The lowest BCUT2D eigenvalue weighted by Gasteiger charge is -2.02. The normalized spacial score (nSPS) is 13.1. The average molecular weight is 229 g/mol. The van der Waals surface area contributed by atoms with Crippen LogP contribution in [-0.4, -0.2) is 5.73 Å². The molecule has 0 aliphatic carbocycles. The SMILES string of the molecule is [2H]C(CCc1ccccc1)Sc1ccccc1. The zero-order chi connectivity index (χ0) is 11.9. The average Bonchev–Trinajstić information content (AvgIpc) is 2.39. The highest BCUT2D eigenvalue weighted by Gasteiger charge is 1.94. The van der Waals surface area contributed by atoms with Crippen molar-refractivity contribution >= 4 is 11.8 Å². The number of thioether (sulfide) groups is 1. The molecule has 2 rings (SSSR count). The molecule has 0 saturated heterocycles. The minimum atomic E-state index is -0.0855. The van der Waals surface area contributed by atoms with Gasteiger partial charge >= 0.3 is 0 Å². The molecule has 0 aliphatic rings. The van der Waals surface area contributed by atoms with Crippen molar-refractivity contribution in [3.8, 4) is 0 Å². The Hall–Kier alpha value is -1.21. The van der Waals surface area contributed by atoms with Crippen LogP contribution < -0.4 is 0 Å². The van der Waals surface area contributed by atoms with E-state index in [4.69, 9.17) is 1.37 Å². The summed E-state index contributed by atoms with van der Waals surface area (Å²) in [5.74, 6) is 0. The van der Waals surface area contributed by atoms with Gasteiger partial charge in [0.1, 0.15) is 0 Å². The molecule has 0 radical (unpaired) electrons. The van der Waals surface area contributed by atoms with Crippen molar-refractivity contribution in [1.82, 2.24) is 0 Å². The van der Waals surface area contributed by atoms with Gasteiger partial charge in [-0.25, -0.2) is 0 Å². The van der Waals surface area contributed by atoms with Crippen LogP contribution in [0.5, 0.6) is 0 Å². The summed E-state index contributed by atoms with van der Waals surface area (Å²) in [4.78, 5) is 1.18. The summed E-state index contributed by atoms with van der Waals surface area (Å²) in [5, 5.41) is 0. The van der Waals surface area contributed by atoms with Crippen LogP contribution in [0.1, 0.15) is 13.4 Å². The van der Waals surface area contributed by atoms with Crippen molar-refractivity contribution in [1.29, 1.82) is 0 Å². The van der Waals surface area contributed by atoms with Gasteiger partial charge < -0.3 is 0 Å². The van der Waals surface area contributed by atoms with E-state index in [1.165, 1.54) is 10.5 Å². The van der Waals surface area contributed by atoms with Gasteiger partial charge in [0.05, 0.1) is 0 Å². The molecule has 1 unspecified atom stereocenters. The second-order valence-electron chi connectivity index (χ2n) is 3.62. The van der Waals surface area contributed by atoms with E-state index in [0.29, 0.717) is 0 Å². The number of aryl methyl sites for hydroxylation is 1. The van der Waals surface area contributed by atoms with E-state index in [2.05, 4.69) is 36.4 Å². The summed E-state index contributed by atoms with van der Waals surface area (Å²) in [6.07, 6.45) is 1.87. The van der Waals surface area contributed by atoms with E-state index in [0.717, 1.165) is 12.8 Å². The molecule has 1 atom stereocenters. The Bertz CT molecular complexity index is 427. The molecule has 0 amide bonds. The molecule has 0 aromatic heterocycles. The van der Waals surface area contributed by atoms with Crippen LogP contribution in [-0.2, 0) is 6.42 Å². The standard InChI is InChI=1S/C15H16S/c1-3-8-14(9-4-1)10-7-13-16-15-11-5-2-6-12-15/h1-6,8-9,11-12H,7,10,13H2/i13D. The minimum absolute atomic E-state index is 0.0855. The molecule has 2 aromatic rings. The monoisotopic (exact) mass is 229 g/mol. The van der Waals surface area contributed by atoms with Crippen LogP contribution in [0.15, 0.2) is 65.6 Å². The van der Waals surface area contributed by atoms with Crippen molar-refractivity contribution in [3.05, 3.63) is 66.2 Å². The highest BCUT2D eigenvalue weighted by molar-refractivity contribution is 7.99. The van der Waals surface area contributed by atoms with E-state index in [1.807, 2.05) is 24.3 Å². The molecule has 82 valence electrons. The van der Waals surface area contributed by atoms with E-state index in [-0.39, 0.29) is 5.73 Å². The Morgan fingerprint density at radius 1 is 0.875 bits per heavy atom. The van der Waals surface area contributed by atoms with Crippen LogP contribution in [0.4, 0.5) is 0 Å². The maximum absolute atomic E-state index is 8.02. The lowest BCUT2D eigenvalue weighted by atomic mass is 10.1. The first kappa shape index (κ1) is 9.98. The summed E-state index contributed by atoms with van der Waals surface area (Å²) >= 11 is 1.63. The van der Waals surface area contributed by atoms with Gasteiger partial charge in [-0.3, -0.25) is 0 Å². The lowest BCUT2D eigenvalue weighted by molar-refractivity contribution is 0.933. The van der Waals surface area contributed by atoms with Crippen LogP contribution in [0.2, 0.25) is 0 Å². The van der Waals surface area contributed by atoms with E-state index in [1.54, 1.807) is 11.8 Å². The molecule has 0 fully saturated rings. The third-order valence-electron chi connectivity index (χ3n) is 2.36. The van der Waals surface area contributed by atoms with Gasteiger partial charge in [0.15, 0.2) is 0 Å². The largest absolute Gasteiger partial charge is 0.126 e. The van der Waals surface area contributed by atoms with E-state index in [9.17, 15) is 0 Å². The Balaban J connectivity index is 1.80. The maximum Gasteiger partial charge on any atom is 0.0384 e. The fourth-order valence-corrected chi connectivity index (χ4v) is 2.27. The van der Waals surface area contributed by atoms with E-state index >= 15 is 0 Å². The lowest BCUT2D eigenvalue weighted by Crippen LogP contribution is -1.87. The van der Waals surface area contributed by atoms with Gasteiger partial charge in [0, 0.05) is 6.27 Å². The first-order chi connectivity index (χ1) is 8.34. The Labute approximate surface area is 103 Å². The summed E-state index contributed by atoms with van der Waals surface area (Å²) in [6, 6.07) is 20.6. The van der Waals surface area contributed by atoms with Crippen LogP contribution in [0, 0.1) is 0 Å². The van der Waals surface area contributed by atoms with Crippen molar-refractivity contribution in [2.75, 3.05) is 5.73 Å². The van der Waals surface area contributed by atoms with Gasteiger partial charge in [-0.15, -0.1) is 11.8 Å². The summed E-state index contributed by atoms with van der Waals surface area (Å²) in [7, 11) is 0. The quantitative estimate of drug-likeness (QED) is 0.684. The number of hydrogen-bond donors (Lipinski definition) is 0. The molecule has 1 heteroatoms. The Kier molecular flexibility index (Phi) is 3.98. The fourth-order valence-electron chi connectivity index (χ4n) is 1.52. The number of rotatable bonds is 5. The fraction of sp³-hybridized carbons (Fsp3) is 0.200. The van der Waals surface area contributed by atoms with Crippen molar-refractivity contribution < 1.29 is 1.37 Å². The van der Waals surface area contributed by atoms with Crippen LogP contribution >= 0.6 is 11.8 Å². The van der Waals surface area contributed by atoms with Gasteiger partial charge in [-0.05, 0) is 36.3 Å². The van der Waals surface area contributed by atoms with E-state index < -0.39 is 0 Å². The summed E-state index contributed by atoms with van der Waals surface area (Å²) in [5.41, 5.74) is 1.23. The molecule has 0 heterocycles. The second kappa shape index (κ2) is 6.39. The molecule has 0 aliphatic heterocycles. The smallest absolute Gasteiger partial charge is 0.0384 e. The molecule has 2 aromatic carbocycles. The van der Waals surface area contributed by atoms with Gasteiger partial charge in [-0.1, -0.05) is 48.5 Å². The third-order valence-corrected chi connectivity index (χ3v) is 3.30. The zero-order valence-electron chi connectivity index (χ0n) is 10.2.